The third-order valence-electron chi connectivity index (χ3n) is 3.08. The number of hydrogen-bond acceptors (Lipinski definition) is 2. The molecule has 4 nitrogen and oxygen atoms in total. The van der Waals surface area contributed by atoms with Crippen molar-refractivity contribution in [2.75, 3.05) is 11.1 Å². The van der Waals surface area contributed by atoms with E-state index in [1.807, 2.05) is 35.8 Å². The zero-order valence-electron chi connectivity index (χ0n) is 11.3. The van der Waals surface area contributed by atoms with Crippen LogP contribution in [0.4, 0.5) is 11.4 Å². The van der Waals surface area contributed by atoms with E-state index in [1.165, 1.54) is 5.56 Å². The van der Waals surface area contributed by atoms with E-state index in [1.54, 1.807) is 12.3 Å². The number of nitrogens with one attached hydrogen (secondary N) is 1. The van der Waals surface area contributed by atoms with Crippen molar-refractivity contribution in [3.05, 3.63) is 47.8 Å². The Morgan fingerprint density at radius 2 is 2.11 bits per heavy atom. The Hall–Kier alpha value is -2.23. The number of nitrogens with zero attached hydrogens (tertiary/aromatic N) is 1. The van der Waals surface area contributed by atoms with Gasteiger partial charge in [-0.05, 0) is 37.1 Å². The lowest BCUT2D eigenvalue weighted by Gasteiger charge is -2.08. The van der Waals surface area contributed by atoms with E-state index in [2.05, 4.69) is 12.2 Å². The van der Waals surface area contributed by atoms with Crippen molar-refractivity contribution < 1.29 is 4.79 Å². The van der Waals surface area contributed by atoms with E-state index >= 15 is 0 Å². The molecule has 19 heavy (non-hydrogen) atoms. The van der Waals surface area contributed by atoms with Gasteiger partial charge in [0.15, 0.2) is 0 Å². The fourth-order valence-corrected chi connectivity index (χ4v) is 2.05. The van der Waals surface area contributed by atoms with E-state index in [-0.39, 0.29) is 5.91 Å². The van der Waals surface area contributed by atoms with Crippen molar-refractivity contribution in [1.29, 1.82) is 0 Å². The predicted molar refractivity (Wildman–Crippen MR) is 78.3 cm³/mol. The number of anilines is 2. The van der Waals surface area contributed by atoms with Crippen molar-refractivity contribution in [3.8, 4) is 0 Å². The first-order chi connectivity index (χ1) is 9.13. The van der Waals surface area contributed by atoms with Crippen LogP contribution in [0.3, 0.4) is 0 Å². The monoisotopic (exact) mass is 257 g/mol. The van der Waals surface area contributed by atoms with E-state index < -0.39 is 0 Å². The fourth-order valence-electron chi connectivity index (χ4n) is 2.05. The molecule has 0 unspecified atom stereocenters. The van der Waals surface area contributed by atoms with Crippen molar-refractivity contribution >= 4 is 17.3 Å². The molecule has 0 fully saturated rings. The zero-order valence-corrected chi connectivity index (χ0v) is 11.3. The zero-order chi connectivity index (χ0) is 13.8. The molecular formula is C15H19N3O. The summed E-state index contributed by atoms with van der Waals surface area (Å²) >= 11 is 0. The number of aromatic nitrogens is 1. The Morgan fingerprint density at radius 3 is 2.79 bits per heavy atom. The standard InChI is InChI=1S/C15H19N3O/c1-3-11-6-5-7-13(8-11)17-15(19)14-9-12(16)10-18(14)4-2/h5-10H,3-4,16H2,1-2H3,(H,17,19). The lowest BCUT2D eigenvalue weighted by molar-refractivity contribution is 0.101. The van der Waals surface area contributed by atoms with Gasteiger partial charge in [-0.1, -0.05) is 19.1 Å². The minimum Gasteiger partial charge on any atom is -0.397 e. The Kier molecular flexibility index (Phi) is 3.90. The summed E-state index contributed by atoms with van der Waals surface area (Å²) in [7, 11) is 0. The van der Waals surface area contributed by atoms with Crippen molar-refractivity contribution in [3.63, 3.8) is 0 Å². The highest BCUT2D eigenvalue weighted by Crippen LogP contribution is 2.15. The summed E-state index contributed by atoms with van der Waals surface area (Å²) in [5, 5.41) is 2.91. The summed E-state index contributed by atoms with van der Waals surface area (Å²) in [5.74, 6) is -0.133. The number of amides is 1. The average Bonchev–Trinajstić information content (AvgIpc) is 2.80. The van der Waals surface area contributed by atoms with Crippen LogP contribution in [0.1, 0.15) is 29.9 Å². The van der Waals surface area contributed by atoms with Gasteiger partial charge in [0.05, 0.1) is 5.69 Å². The molecule has 4 heteroatoms. The van der Waals surface area contributed by atoms with Crippen LogP contribution in [0.2, 0.25) is 0 Å². The fraction of sp³-hybridized carbons (Fsp3) is 0.267. The highest BCUT2D eigenvalue weighted by Gasteiger charge is 2.12. The third kappa shape index (κ3) is 2.96. The smallest absolute Gasteiger partial charge is 0.272 e. The number of hydrogen-bond donors (Lipinski definition) is 2. The van der Waals surface area contributed by atoms with Crippen LogP contribution >= 0.6 is 0 Å². The third-order valence-corrected chi connectivity index (χ3v) is 3.08. The normalized spacial score (nSPS) is 10.4. The lowest BCUT2D eigenvalue weighted by Crippen LogP contribution is -2.16. The molecule has 2 rings (SSSR count). The minimum absolute atomic E-state index is 0.133. The SMILES string of the molecule is CCc1cccc(NC(=O)c2cc(N)cn2CC)c1. The van der Waals surface area contributed by atoms with Crippen LogP contribution in [0.5, 0.6) is 0 Å². The number of carbonyl (C=O) groups excluding carboxylic acids is 1. The number of benzene rings is 1. The first kappa shape index (κ1) is 13.2. The van der Waals surface area contributed by atoms with Gasteiger partial charge in [-0.25, -0.2) is 0 Å². The van der Waals surface area contributed by atoms with Gasteiger partial charge in [0.25, 0.3) is 5.91 Å². The molecule has 0 aliphatic carbocycles. The molecule has 0 aliphatic heterocycles. The predicted octanol–water partition coefficient (Wildman–Crippen LogP) is 2.90. The largest absolute Gasteiger partial charge is 0.397 e. The van der Waals surface area contributed by atoms with Crippen LogP contribution < -0.4 is 11.1 Å². The Bertz CT molecular complexity index is 587. The van der Waals surface area contributed by atoms with Crippen LogP contribution in [0.15, 0.2) is 36.5 Å². The van der Waals surface area contributed by atoms with Crippen molar-refractivity contribution in [2.45, 2.75) is 26.8 Å². The Balaban J connectivity index is 2.20. The summed E-state index contributed by atoms with van der Waals surface area (Å²) in [4.78, 5) is 12.2. The summed E-state index contributed by atoms with van der Waals surface area (Å²) in [5.41, 5.74) is 8.93. The van der Waals surface area contributed by atoms with E-state index in [0.717, 1.165) is 18.7 Å². The van der Waals surface area contributed by atoms with Crippen LogP contribution in [0, 0.1) is 0 Å². The second-order valence-electron chi connectivity index (χ2n) is 4.45. The molecule has 2 aromatic rings. The highest BCUT2D eigenvalue weighted by atomic mass is 16.1. The van der Waals surface area contributed by atoms with Gasteiger partial charge < -0.3 is 15.6 Å². The molecule has 0 bridgehead atoms. The number of nitrogen functional groups attached to an aromatic ring is 1. The van der Waals surface area contributed by atoms with Gasteiger partial charge in [-0.2, -0.15) is 0 Å². The molecule has 1 aromatic carbocycles. The highest BCUT2D eigenvalue weighted by molar-refractivity contribution is 6.03. The van der Waals surface area contributed by atoms with Crippen molar-refractivity contribution in [2.24, 2.45) is 0 Å². The first-order valence-electron chi connectivity index (χ1n) is 6.50. The summed E-state index contributed by atoms with van der Waals surface area (Å²) in [6.45, 7) is 4.78. The topological polar surface area (TPSA) is 60.1 Å². The molecule has 1 amide bonds. The second kappa shape index (κ2) is 5.61. The van der Waals surface area contributed by atoms with E-state index in [9.17, 15) is 4.79 Å². The minimum atomic E-state index is -0.133. The Labute approximate surface area is 113 Å². The maximum Gasteiger partial charge on any atom is 0.272 e. The summed E-state index contributed by atoms with van der Waals surface area (Å²) in [6, 6.07) is 9.56. The number of carbonyl (C=O) groups is 1. The maximum absolute atomic E-state index is 12.2. The Morgan fingerprint density at radius 1 is 1.32 bits per heavy atom. The molecule has 0 saturated heterocycles. The molecule has 1 aromatic heterocycles. The van der Waals surface area contributed by atoms with Crippen LogP contribution in [0.25, 0.3) is 0 Å². The van der Waals surface area contributed by atoms with Crippen LogP contribution in [-0.4, -0.2) is 10.5 Å². The molecule has 0 radical (unpaired) electrons. The maximum atomic E-state index is 12.2. The molecule has 100 valence electrons. The summed E-state index contributed by atoms with van der Waals surface area (Å²) < 4.78 is 1.84. The van der Waals surface area contributed by atoms with Crippen LogP contribution in [-0.2, 0) is 13.0 Å². The van der Waals surface area contributed by atoms with Gasteiger partial charge >= 0.3 is 0 Å². The summed E-state index contributed by atoms with van der Waals surface area (Å²) in [6.07, 6.45) is 2.72. The molecule has 0 atom stereocenters. The quantitative estimate of drug-likeness (QED) is 0.884. The molecule has 0 saturated carbocycles. The van der Waals surface area contributed by atoms with Gasteiger partial charge in [-0.15, -0.1) is 0 Å². The number of aryl methyl sites for hydroxylation is 2. The van der Waals surface area contributed by atoms with Gasteiger partial charge in [0.2, 0.25) is 0 Å². The lowest BCUT2D eigenvalue weighted by atomic mass is 10.1. The van der Waals surface area contributed by atoms with Crippen molar-refractivity contribution in [1.82, 2.24) is 4.57 Å². The molecular weight excluding hydrogens is 238 g/mol. The second-order valence-corrected chi connectivity index (χ2v) is 4.45. The van der Waals surface area contributed by atoms with Gasteiger partial charge in [-0.3, -0.25) is 4.79 Å². The van der Waals surface area contributed by atoms with E-state index in [0.29, 0.717) is 11.4 Å². The molecule has 1 heterocycles. The number of rotatable bonds is 4. The number of nitrogens with two attached hydrogens (primary N) is 1. The molecule has 0 spiro atoms. The van der Waals surface area contributed by atoms with Gasteiger partial charge in [0.1, 0.15) is 5.69 Å². The van der Waals surface area contributed by atoms with Gasteiger partial charge in [0, 0.05) is 18.4 Å². The first-order valence-corrected chi connectivity index (χ1v) is 6.50. The molecule has 3 N–H and O–H groups in total. The molecule has 0 aliphatic rings. The average molecular weight is 257 g/mol. The van der Waals surface area contributed by atoms with E-state index in [4.69, 9.17) is 5.73 Å².